The van der Waals surface area contributed by atoms with Crippen molar-refractivity contribution >= 4 is 23.9 Å². The fourth-order valence-electron chi connectivity index (χ4n) is 3.88. The predicted molar refractivity (Wildman–Crippen MR) is 134 cm³/mol. The summed E-state index contributed by atoms with van der Waals surface area (Å²) in [5.74, 6) is -8.34. The molecule has 0 spiro atoms. The molecule has 1 saturated heterocycles. The number of benzene rings is 1. The van der Waals surface area contributed by atoms with Gasteiger partial charge in [0, 0.05) is 6.54 Å². The first kappa shape index (κ1) is 33.8. The number of halogens is 2. The number of carbonyl (C=O) groups excluding carboxylic acids is 3. The number of amides is 3. The SMILES string of the molecule is C[C@H](NC(=O)[C@H](CCCCNC(=O)C(F)(F)[C@@H]1O[C@H](CO)[C@H](O)[C@H](O)[C@H]1O)NC(=O)OCc1ccccc1)C(=O)O. The molecule has 1 aromatic carbocycles. The highest BCUT2D eigenvalue weighted by Gasteiger charge is 2.58. The second-order valence-electron chi connectivity index (χ2n) is 9.45. The van der Waals surface area contributed by atoms with Crippen LogP contribution in [-0.4, -0.2) is 111 Å². The predicted octanol–water partition coefficient (Wildman–Crippen LogP) is -1.37. The topological polar surface area (TPSA) is 224 Å². The number of aliphatic hydroxyl groups is 4. The summed E-state index contributed by atoms with van der Waals surface area (Å²) in [5, 5.41) is 54.1. The summed E-state index contributed by atoms with van der Waals surface area (Å²) >= 11 is 0. The maximum atomic E-state index is 14.7. The first-order valence-electron chi connectivity index (χ1n) is 12.8. The van der Waals surface area contributed by atoms with Crippen LogP contribution in [0.4, 0.5) is 13.6 Å². The maximum absolute atomic E-state index is 14.7. The van der Waals surface area contributed by atoms with Crippen LogP contribution in [0.1, 0.15) is 31.7 Å². The molecule has 14 nitrogen and oxygen atoms in total. The average Bonchev–Trinajstić information content (AvgIpc) is 2.94. The molecule has 16 heteroatoms. The highest BCUT2D eigenvalue weighted by molar-refractivity contribution is 5.89. The minimum atomic E-state index is -4.35. The van der Waals surface area contributed by atoms with Gasteiger partial charge in [0.2, 0.25) is 5.91 Å². The number of aliphatic carboxylic acids is 1. The number of alkyl halides is 2. The van der Waals surface area contributed by atoms with Gasteiger partial charge in [0.15, 0.2) is 6.10 Å². The number of aliphatic hydroxyl groups excluding tert-OH is 4. The number of ether oxygens (including phenoxy) is 2. The van der Waals surface area contributed by atoms with Crippen LogP contribution < -0.4 is 16.0 Å². The fraction of sp³-hybridized carbons (Fsp3) is 0.600. The molecule has 0 radical (unpaired) electrons. The molecule has 1 aromatic rings. The van der Waals surface area contributed by atoms with E-state index in [1.165, 1.54) is 6.92 Å². The third-order valence-corrected chi connectivity index (χ3v) is 6.31. The van der Waals surface area contributed by atoms with Crippen LogP contribution in [0, 0.1) is 0 Å². The number of rotatable bonds is 14. The van der Waals surface area contributed by atoms with E-state index in [1.54, 1.807) is 30.3 Å². The normalized spacial score (nSPS) is 24.0. The number of carboxylic acids is 1. The Morgan fingerprint density at radius 2 is 1.68 bits per heavy atom. The van der Waals surface area contributed by atoms with Crippen molar-refractivity contribution in [2.24, 2.45) is 0 Å². The number of alkyl carbamates (subject to hydrolysis) is 1. The van der Waals surface area contributed by atoms with Crippen molar-refractivity contribution < 1.29 is 63.0 Å². The summed E-state index contributed by atoms with van der Waals surface area (Å²) < 4.78 is 39.3. The van der Waals surface area contributed by atoms with E-state index in [2.05, 4.69) is 10.6 Å². The monoisotopic (exact) mass is 591 g/mol. The summed E-state index contributed by atoms with van der Waals surface area (Å²) in [6, 6.07) is 6.15. The Labute approximate surface area is 233 Å². The fourth-order valence-corrected chi connectivity index (χ4v) is 3.88. The number of unbranched alkanes of at least 4 members (excludes halogenated alkanes) is 1. The average molecular weight is 592 g/mol. The lowest BCUT2D eigenvalue weighted by Gasteiger charge is -2.42. The Morgan fingerprint density at radius 1 is 1.02 bits per heavy atom. The van der Waals surface area contributed by atoms with Gasteiger partial charge in [-0.05, 0) is 31.7 Å². The molecular weight excluding hydrogens is 556 g/mol. The lowest BCUT2D eigenvalue weighted by molar-refractivity contribution is -0.274. The van der Waals surface area contributed by atoms with Crippen LogP contribution >= 0.6 is 0 Å². The smallest absolute Gasteiger partial charge is 0.408 e. The van der Waals surface area contributed by atoms with Gasteiger partial charge in [0.25, 0.3) is 5.91 Å². The molecule has 1 fully saturated rings. The van der Waals surface area contributed by atoms with Crippen molar-refractivity contribution in [2.45, 2.75) is 81.3 Å². The summed E-state index contributed by atoms with van der Waals surface area (Å²) in [6.45, 7) is -0.158. The maximum Gasteiger partial charge on any atom is 0.408 e. The number of carbonyl (C=O) groups is 4. The lowest BCUT2D eigenvalue weighted by atomic mass is 9.91. The van der Waals surface area contributed by atoms with Crippen LogP contribution in [-0.2, 0) is 30.5 Å². The zero-order chi connectivity index (χ0) is 30.7. The van der Waals surface area contributed by atoms with Gasteiger partial charge in [-0.25, -0.2) is 4.79 Å². The van der Waals surface area contributed by atoms with E-state index in [0.29, 0.717) is 5.56 Å². The third-order valence-electron chi connectivity index (χ3n) is 6.31. The van der Waals surface area contributed by atoms with Crippen LogP contribution in [0.25, 0.3) is 0 Å². The van der Waals surface area contributed by atoms with E-state index in [-0.39, 0.29) is 32.4 Å². The van der Waals surface area contributed by atoms with Crippen LogP contribution in [0.3, 0.4) is 0 Å². The Kier molecular flexibility index (Phi) is 12.8. The zero-order valence-corrected chi connectivity index (χ0v) is 22.1. The first-order valence-corrected chi connectivity index (χ1v) is 12.8. The molecule has 8 N–H and O–H groups in total. The molecule has 41 heavy (non-hydrogen) atoms. The number of nitrogens with one attached hydrogen (secondary N) is 3. The molecule has 0 bridgehead atoms. The van der Waals surface area contributed by atoms with Crippen LogP contribution in [0.15, 0.2) is 30.3 Å². The minimum absolute atomic E-state index is 0.0372. The van der Waals surface area contributed by atoms with Gasteiger partial charge in [-0.15, -0.1) is 0 Å². The first-order chi connectivity index (χ1) is 19.3. The molecule has 1 aliphatic rings. The van der Waals surface area contributed by atoms with Gasteiger partial charge >= 0.3 is 18.0 Å². The standard InChI is InChI=1S/C25H35F2N3O11/c1-13(22(36)37)29-21(35)15(30-24(39)40-12-14-7-3-2-4-8-14)9-5-6-10-28-23(38)25(26,27)20-19(34)18(33)17(32)16(11-31)41-20/h2-4,7-8,13,15-20,31-34H,5-6,9-12H2,1H3,(H,28,38)(H,29,35)(H,30,39)(H,36,37)/t13-,15-,16+,17-,18-,19+,20+/m0/s1. The number of hydrogen-bond acceptors (Lipinski definition) is 10. The Hall–Kier alpha value is -3.44. The van der Waals surface area contributed by atoms with Crippen molar-refractivity contribution in [1.29, 1.82) is 0 Å². The van der Waals surface area contributed by atoms with Crippen molar-refractivity contribution in [3.05, 3.63) is 35.9 Å². The number of hydrogen-bond donors (Lipinski definition) is 8. The van der Waals surface area contributed by atoms with Crippen molar-refractivity contribution in [2.75, 3.05) is 13.2 Å². The third kappa shape index (κ3) is 9.57. The molecule has 1 heterocycles. The second-order valence-corrected chi connectivity index (χ2v) is 9.45. The van der Waals surface area contributed by atoms with E-state index < -0.39 is 79.0 Å². The lowest BCUT2D eigenvalue weighted by Crippen LogP contribution is -2.65. The minimum Gasteiger partial charge on any atom is -0.480 e. The molecule has 1 aliphatic heterocycles. The summed E-state index contributed by atoms with van der Waals surface area (Å²) in [5.41, 5.74) is 0.680. The number of carboxylic acid groups (broad SMARTS) is 1. The molecule has 3 amide bonds. The van der Waals surface area contributed by atoms with Gasteiger partial charge in [0.1, 0.15) is 43.1 Å². The molecule has 0 unspecified atom stereocenters. The quantitative estimate of drug-likeness (QED) is 0.118. The molecule has 0 aliphatic carbocycles. The largest absolute Gasteiger partial charge is 0.480 e. The summed E-state index contributed by atoms with van der Waals surface area (Å²) in [4.78, 5) is 48.1. The Morgan fingerprint density at radius 3 is 2.29 bits per heavy atom. The van der Waals surface area contributed by atoms with Gasteiger partial charge < -0.3 is 51.0 Å². The van der Waals surface area contributed by atoms with E-state index >= 15 is 0 Å². The van der Waals surface area contributed by atoms with Gasteiger partial charge in [-0.1, -0.05) is 30.3 Å². The molecule has 2 rings (SSSR count). The second kappa shape index (κ2) is 15.5. The van der Waals surface area contributed by atoms with E-state index in [0.717, 1.165) is 0 Å². The van der Waals surface area contributed by atoms with E-state index in [9.17, 15) is 43.3 Å². The highest BCUT2D eigenvalue weighted by atomic mass is 19.3. The Balaban J connectivity index is 1.90. The van der Waals surface area contributed by atoms with Crippen molar-refractivity contribution in [3.8, 4) is 0 Å². The van der Waals surface area contributed by atoms with Gasteiger partial charge in [0.05, 0.1) is 6.61 Å². The molecule has 230 valence electrons. The molecule has 0 saturated carbocycles. The molecule has 0 aromatic heterocycles. The zero-order valence-electron chi connectivity index (χ0n) is 22.1. The van der Waals surface area contributed by atoms with Crippen molar-refractivity contribution in [1.82, 2.24) is 16.0 Å². The van der Waals surface area contributed by atoms with E-state index in [1.807, 2.05) is 5.32 Å². The molecular formula is C25H35F2N3O11. The Bertz CT molecular complexity index is 1030. The van der Waals surface area contributed by atoms with Crippen LogP contribution in [0.2, 0.25) is 0 Å². The summed E-state index contributed by atoms with van der Waals surface area (Å²) in [7, 11) is 0. The van der Waals surface area contributed by atoms with Gasteiger partial charge in [-0.2, -0.15) is 8.78 Å². The summed E-state index contributed by atoms with van der Waals surface area (Å²) in [6.07, 6.45) is -11.4. The molecule has 7 atom stereocenters. The van der Waals surface area contributed by atoms with Crippen LogP contribution in [0.5, 0.6) is 0 Å². The highest BCUT2D eigenvalue weighted by Crippen LogP contribution is 2.32. The van der Waals surface area contributed by atoms with Gasteiger partial charge in [-0.3, -0.25) is 14.4 Å². The van der Waals surface area contributed by atoms with Crippen molar-refractivity contribution in [3.63, 3.8) is 0 Å². The van der Waals surface area contributed by atoms with E-state index in [4.69, 9.17) is 19.7 Å².